The molecule has 1 atom stereocenters. The Morgan fingerprint density at radius 2 is 2.09 bits per heavy atom. The molecule has 1 amide bonds. The molecule has 0 aromatic rings. The predicted molar refractivity (Wildman–Crippen MR) is 97.5 cm³/mol. The van der Waals surface area contributed by atoms with Gasteiger partial charge in [0.1, 0.15) is 6.61 Å². The van der Waals surface area contributed by atoms with E-state index in [-0.39, 0.29) is 11.6 Å². The number of nitrogens with zero attached hydrogens (tertiary/aromatic N) is 2. The van der Waals surface area contributed by atoms with Crippen molar-refractivity contribution in [2.75, 3.05) is 20.2 Å². The van der Waals surface area contributed by atoms with Gasteiger partial charge in [0.15, 0.2) is 5.90 Å². The van der Waals surface area contributed by atoms with Crippen LogP contribution in [0.25, 0.3) is 0 Å². The minimum Gasteiger partial charge on any atom is -0.533 e. The zero-order valence-electron chi connectivity index (χ0n) is 15.5. The maximum atomic E-state index is 11.9. The molecule has 0 bridgehead atoms. The highest BCUT2D eigenvalue weighted by Gasteiger charge is 2.40. The number of hydrogen-bond acceptors (Lipinski definition) is 4. The molecule has 0 N–H and O–H groups in total. The van der Waals surface area contributed by atoms with E-state index < -0.39 is 14.4 Å². The second kappa shape index (κ2) is 8.10. The van der Waals surface area contributed by atoms with E-state index in [0.29, 0.717) is 18.4 Å². The molecular weight excluding hydrogens is 308 g/mol. The largest absolute Gasteiger partial charge is 0.533 e. The van der Waals surface area contributed by atoms with E-state index >= 15 is 0 Å². The Kier molecular flexibility index (Phi) is 7.01. The Labute approximate surface area is 141 Å². The first-order chi connectivity index (χ1) is 10.6. The first kappa shape index (κ1) is 19.9. The standard InChI is InChI=1S/C17H32N2O3Si/c1-8-12-21-16(20)18-15(13-14-10-9-11-19(14)5)22-23(6,7)17(2,3)4/h8,14H,1,9-13H2,2-7H3. The quantitative estimate of drug-likeness (QED) is 0.325. The molecule has 0 aliphatic carbocycles. The van der Waals surface area contributed by atoms with Crippen LogP contribution < -0.4 is 0 Å². The van der Waals surface area contributed by atoms with E-state index in [9.17, 15) is 4.79 Å². The van der Waals surface area contributed by atoms with Crippen molar-refractivity contribution in [3.63, 3.8) is 0 Å². The van der Waals surface area contributed by atoms with Gasteiger partial charge < -0.3 is 14.1 Å². The lowest BCUT2D eigenvalue weighted by Crippen LogP contribution is -2.44. The van der Waals surface area contributed by atoms with Crippen LogP contribution in [0.15, 0.2) is 17.6 Å². The number of amides is 1. The minimum absolute atomic E-state index is 0.0559. The molecule has 1 fully saturated rings. The summed E-state index contributed by atoms with van der Waals surface area (Å²) in [6.07, 6.45) is 3.88. The highest BCUT2D eigenvalue weighted by atomic mass is 28.4. The molecule has 1 aliphatic rings. The molecule has 0 saturated carbocycles. The van der Waals surface area contributed by atoms with Crippen LogP contribution in [-0.4, -0.2) is 51.4 Å². The second-order valence-corrected chi connectivity index (χ2v) is 12.4. The number of carbonyl (C=O) groups excluding carboxylic acids is 1. The van der Waals surface area contributed by atoms with Gasteiger partial charge in [-0.3, -0.25) is 0 Å². The summed E-state index contributed by atoms with van der Waals surface area (Å²) in [5, 5.41) is 0.0559. The van der Waals surface area contributed by atoms with Gasteiger partial charge >= 0.3 is 6.09 Å². The smallest absolute Gasteiger partial charge is 0.436 e. The SMILES string of the molecule is C=CCOC(=O)N=C(CC1CCCN1C)O[Si](C)(C)C(C)(C)C. The summed E-state index contributed by atoms with van der Waals surface area (Å²) in [4.78, 5) is 18.3. The van der Waals surface area contributed by atoms with E-state index in [2.05, 4.69) is 57.4 Å². The summed E-state index contributed by atoms with van der Waals surface area (Å²) in [5.41, 5.74) is 0. The monoisotopic (exact) mass is 340 g/mol. The van der Waals surface area contributed by atoms with E-state index in [4.69, 9.17) is 9.16 Å². The van der Waals surface area contributed by atoms with Gasteiger partial charge in [0, 0.05) is 12.5 Å². The number of hydrogen-bond donors (Lipinski definition) is 0. The third-order valence-corrected chi connectivity index (χ3v) is 9.16. The first-order valence-electron chi connectivity index (χ1n) is 8.31. The van der Waals surface area contributed by atoms with Gasteiger partial charge in [-0.25, -0.2) is 4.79 Å². The average molecular weight is 341 g/mol. The fraction of sp³-hybridized carbons (Fsp3) is 0.765. The van der Waals surface area contributed by atoms with Gasteiger partial charge in [0.25, 0.3) is 8.32 Å². The molecular formula is C17H32N2O3Si. The Bertz CT molecular complexity index is 455. The van der Waals surface area contributed by atoms with Crippen molar-refractivity contribution in [2.45, 2.75) is 64.2 Å². The van der Waals surface area contributed by atoms with Crippen molar-refractivity contribution in [1.29, 1.82) is 0 Å². The highest BCUT2D eigenvalue weighted by Crippen LogP contribution is 2.37. The van der Waals surface area contributed by atoms with Crippen LogP contribution in [0.1, 0.15) is 40.0 Å². The van der Waals surface area contributed by atoms with E-state index in [1.54, 1.807) is 0 Å². The molecule has 132 valence electrons. The lowest BCUT2D eigenvalue weighted by molar-refractivity contribution is 0.169. The highest BCUT2D eigenvalue weighted by molar-refractivity contribution is 6.75. The average Bonchev–Trinajstić information content (AvgIpc) is 2.80. The van der Waals surface area contributed by atoms with Crippen molar-refractivity contribution in [1.82, 2.24) is 4.90 Å². The van der Waals surface area contributed by atoms with Crippen LogP contribution in [0.3, 0.4) is 0 Å². The molecule has 6 heteroatoms. The van der Waals surface area contributed by atoms with Crippen LogP contribution in [0.4, 0.5) is 4.79 Å². The van der Waals surface area contributed by atoms with Crippen LogP contribution in [0, 0.1) is 0 Å². The molecule has 1 saturated heterocycles. The molecule has 0 aromatic carbocycles. The molecule has 23 heavy (non-hydrogen) atoms. The lowest BCUT2D eigenvalue weighted by atomic mass is 10.1. The van der Waals surface area contributed by atoms with Crippen molar-refractivity contribution in [3.05, 3.63) is 12.7 Å². The van der Waals surface area contributed by atoms with Crippen LogP contribution in [0.5, 0.6) is 0 Å². The predicted octanol–water partition coefficient (Wildman–Crippen LogP) is 4.21. The van der Waals surface area contributed by atoms with E-state index in [1.807, 2.05) is 0 Å². The molecule has 1 unspecified atom stereocenters. The Morgan fingerprint density at radius 1 is 1.43 bits per heavy atom. The third-order valence-electron chi connectivity index (χ3n) is 4.80. The molecule has 5 nitrogen and oxygen atoms in total. The number of carbonyl (C=O) groups is 1. The lowest BCUT2D eigenvalue weighted by Gasteiger charge is -2.37. The second-order valence-electron chi connectivity index (χ2n) is 7.71. The molecule has 1 aliphatic heterocycles. The summed E-state index contributed by atoms with van der Waals surface area (Å²) >= 11 is 0. The first-order valence-corrected chi connectivity index (χ1v) is 11.2. The van der Waals surface area contributed by atoms with Gasteiger partial charge in [-0.15, -0.1) is 4.99 Å². The van der Waals surface area contributed by atoms with Crippen LogP contribution in [-0.2, 0) is 9.16 Å². The summed E-state index contributed by atoms with van der Waals surface area (Å²) in [7, 11) is 0.0715. The Morgan fingerprint density at radius 3 is 2.57 bits per heavy atom. The van der Waals surface area contributed by atoms with Gasteiger partial charge in [-0.05, 0) is 44.6 Å². The fourth-order valence-electron chi connectivity index (χ4n) is 2.26. The van der Waals surface area contributed by atoms with Crippen molar-refractivity contribution in [2.24, 2.45) is 4.99 Å². The van der Waals surface area contributed by atoms with Gasteiger partial charge in [-0.2, -0.15) is 0 Å². The van der Waals surface area contributed by atoms with Crippen LogP contribution >= 0.6 is 0 Å². The number of likely N-dealkylation sites (tertiary alicyclic amines) is 1. The van der Waals surface area contributed by atoms with Crippen molar-refractivity contribution in [3.8, 4) is 0 Å². The maximum Gasteiger partial charge on any atom is 0.436 e. The van der Waals surface area contributed by atoms with Crippen molar-refractivity contribution < 1.29 is 14.0 Å². The zero-order chi connectivity index (χ0) is 17.7. The summed E-state index contributed by atoms with van der Waals surface area (Å²) in [5.74, 6) is 0.518. The van der Waals surface area contributed by atoms with Crippen LogP contribution in [0.2, 0.25) is 18.1 Å². The zero-order valence-corrected chi connectivity index (χ0v) is 16.5. The van der Waals surface area contributed by atoms with E-state index in [0.717, 1.165) is 13.0 Å². The number of ether oxygens (including phenoxy) is 1. The summed E-state index contributed by atoms with van der Waals surface area (Å²) in [6.45, 7) is 15.6. The number of rotatable bonds is 5. The van der Waals surface area contributed by atoms with E-state index in [1.165, 1.54) is 12.5 Å². The molecule has 0 spiro atoms. The van der Waals surface area contributed by atoms with Gasteiger partial charge in [0.05, 0.1) is 0 Å². The number of aliphatic imine (C=N–C) groups is 1. The normalized spacial score (nSPS) is 20.4. The third kappa shape index (κ3) is 6.10. The summed E-state index contributed by atoms with van der Waals surface area (Å²) in [6, 6.07) is 0.380. The summed E-state index contributed by atoms with van der Waals surface area (Å²) < 4.78 is 11.3. The van der Waals surface area contributed by atoms with Gasteiger partial charge in [0.2, 0.25) is 0 Å². The Hall–Kier alpha value is -1.14. The minimum atomic E-state index is -2.04. The Balaban J connectivity index is 2.89. The fourth-order valence-corrected chi connectivity index (χ4v) is 3.29. The van der Waals surface area contributed by atoms with Gasteiger partial charge in [-0.1, -0.05) is 33.4 Å². The van der Waals surface area contributed by atoms with Crippen molar-refractivity contribution >= 4 is 20.3 Å². The maximum absolute atomic E-state index is 11.9. The molecule has 1 heterocycles. The molecule has 0 aromatic heterocycles. The topological polar surface area (TPSA) is 51.1 Å². The molecule has 0 radical (unpaired) electrons. The molecule has 1 rings (SSSR count).